The number of carboxylic acid groups (broad SMARTS) is 1. The molecular weight excluding hydrogens is 305 g/mol. The van der Waals surface area contributed by atoms with Crippen LogP contribution in [0.5, 0.6) is 0 Å². The lowest BCUT2D eigenvalue weighted by molar-refractivity contribution is -0.138. The number of carbonyl (C=O) groups is 2. The lowest BCUT2D eigenvalue weighted by Gasteiger charge is -2.34. The van der Waals surface area contributed by atoms with Crippen LogP contribution in [0.3, 0.4) is 0 Å². The Balaban J connectivity index is 2.25. The van der Waals surface area contributed by atoms with Gasteiger partial charge in [-0.05, 0) is 12.1 Å². The predicted molar refractivity (Wildman–Crippen MR) is 75.8 cm³/mol. The van der Waals surface area contributed by atoms with E-state index in [1.54, 1.807) is 11.8 Å². The molecule has 20 heavy (non-hydrogen) atoms. The molecule has 0 aliphatic carbocycles. The number of aliphatic carboxylic acids is 1. The van der Waals surface area contributed by atoms with Crippen molar-refractivity contribution < 1.29 is 19.1 Å². The van der Waals surface area contributed by atoms with Crippen LogP contribution < -0.4 is 0 Å². The highest BCUT2D eigenvalue weighted by molar-refractivity contribution is 7.99. The molecule has 1 amide bonds. The molecule has 0 saturated carbocycles. The van der Waals surface area contributed by atoms with Crippen LogP contribution in [0.25, 0.3) is 0 Å². The summed E-state index contributed by atoms with van der Waals surface area (Å²) in [4.78, 5) is 24.7. The van der Waals surface area contributed by atoms with Crippen LogP contribution in [0.15, 0.2) is 18.2 Å². The zero-order chi connectivity index (χ0) is 14.7. The third-order valence-corrected chi connectivity index (χ3v) is 4.46. The molecule has 1 atom stereocenters. The molecule has 0 aromatic heterocycles. The topological polar surface area (TPSA) is 57.6 Å². The molecule has 1 unspecified atom stereocenters. The van der Waals surface area contributed by atoms with Crippen LogP contribution in [-0.2, 0) is 4.79 Å². The number of amides is 1. The maximum atomic E-state index is 13.9. The van der Waals surface area contributed by atoms with E-state index in [4.69, 9.17) is 16.7 Å². The molecule has 1 N–H and O–H groups in total. The SMILES string of the molecule is O=C(O)CC1CSCCN1C(=O)c1cccc(Cl)c1F. The Bertz CT molecular complexity index is 540. The Morgan fingerprint density at radius 2 is 2.25 bits per heavy atom. The minimum atomic E-state index is -0.970. The van der Waals surface area contributed by atoms with Crippen LogP contribution in [0.2, 0.25) is 5.02 Å². The molecule has 1 aliphatic rings. The first kappa shape index (κ1) is 15.1. The fourth-order valence-corrected chi connectivity index (χ4v) is 3.35. The molecule has 1 aromatic carbocycles. The van der Waals surface area contributed by atoms with Crippen LogP contribution >= 0.6 is 23.4 Å². The summed E-state index contributed by atoms with van der Waals surface area (Å²) in [5.41, 5.74) is -0.111. The third-order valence-electron chi connectivity index (χ3n) is 3.08. The maximum Gasteiger partial charge on any atom is 0.305 e. The van der Waals surface area contributed by atoms with Gasteiger partial charge >= 0.3 is 5.97 Å². The fourth-order valence-electron chi connectivity index (χ4n) is 2.12. The zero-order valence-corrected chi connectivity index (χ0v) is 12.1. The lowest BCUT2D eigenvalue weighted by atomic mass is 10.1. The van der Waals surface area contributed by atoms with Crippen molar-refractivity contribution in [2.75, 3.05) is 18.1 Å². The lowest BCUT2D eigenvalue weighted by Crippen LogP contribution is -2.47. The van der Waals surface area contributed by atoms with Crippen molar-refractivity contribution in [3.8, 4) is 0 Å². The van der Waals surface area contributed by atoms with Gasteiger partial charge in [0.1, 0.15) is 0 Å². The number of hydrogen-bond acceptors (Lipinski definition) is 3. The molecule has 1 fully saturated rings. The minimum Gasteiger partial charge on any atom is -0.481 e. The molecule has 2 rings (SSSR count). The standard InChI is InChI=1S/C13H13ClFNO3S/c14-10-3-1-2-9(12(10)15)13(19)16-4-5-20-7-8(16)6-11(17)18/h1-3,8H,4-7H2,(H,17,18). The second-order valence-corrected chi connectivity index (χ2v) is 5.98. The van der Waals surface area contributed by atoms with Crippen LogP contribution in [0, 0.1) is 5.82 Å². The molecule has 0 bridgehead atoms. The first-order chi connectivity index (χ1) is 9.50. The Kier molecular flexibility index (Phi) is 4.88. The molecule has 1 aromatic rings. The number of carboxylic acids is 1. The minimum absolute atomic E-state index is 0.111. The van der Waals surface area contributed by atoms with Crippen molar-refractivity contribution in [1.29, 1.82) is 0 Å². The fraction of sp³-hybridized carbons (Fsp3) is 0.385. The highest BCUT2D eigenvalue weighted by atomic mass is 35.5. The number of carbonyl (C=O) groups excluding carboxylic acids is 1. The van der Waals surface area contributed by atoms with Gasteiger partial charge in [-0.15, -0.1) is 0 Å². The van der Waals surface area contributed by atoms with Gasteiger partial charge in [0.25, 0.3) is 5.91 Å². The van der Waals surface area contributed by atoms with Gasteiger partial charge in [0, 0.05) is 18.1 Å². The van der Waals surface area contributed by atoms with Gasteiger partial charge in [0.05, 0.1) is 23.0 Å². The van der Waals surface area contributed by atoms with E-state index in [-0.39, 0.29) is 17.0 Å². The van der Waals surface area contributed by atoms with Crippen LogP contribution in [0.1, 0.15) is 16.8 Å². The van der Waals surface area contributed by atoms with Crippen LogP contribution in [0.4, 0.5) is 4.39 Å². The number of thioether (sulfide) groups is 1. The van der Waals surface area contributed by atoms with E-state index in [1.807, 2.05) is 0 Å². The van der Waals surface area contributed by atoms with Crippen molar-refractivity contribution in [2.45, 2.75) is 12.5 Å². The van der Waals surface area contributed by atoms with E-state index < -0.39 is 23.7 Å². The Morgan fingerprint density at radius 1 is 1.50 bits per heavy atom. The average molecular weight is 318 g/mol. The van der Waals surface area contributed by atoms with E-state index in [9.17, 15) is 14.0 Å². The highest BCUT2D eigenvalue weighted by Gasteiger charge is 2.31. The van der Waals surface area contributed by atoms with Gasteiger partial charge in [0.2, 0.25) is 0 Å². The Labute approximate surface area is 124 Å². The quantitative estimate of drug-likeness (QED) is 0.930. The molecule has 4 nitrogen and oxygen atoms in total. The summed E-state index contributed by atoms with van der Waals surface area (Å²) in [5.74, 6) is -0.977. The van der Waals surface area contributed by atoms with Gasteiger partial charge in [-0.1, -0.05) is 17.7 Å². The van der Waals surface area contributed by atoms with Crippen molar-refractivity contribution in [1.82, 2.24) is 4.90 Å². The molecule has 1 heterocycles. The molecule has 7 heteroatoms. The molecule has 0 radical (unpaired) electrons. The van der Waals surface area contributed by atoms with Gasteiger partial charge in [-0.3, -0.25) is 9.59 Å². The second-order valence-electron chi connectivity index (χ2n) is 4.43. The largest absolute Gasteiger partial charge is 0.481 e. The van der Waals surface area contributed by atoms with Gasteiger partial charge in [0.15, 0.2) is 5.82 Å². The summed E-state index contributed by atoms with van der Waals surface area (Å²) in [7, 11) is 0. The number of hydrogen-bond donors (Lipinski definition) is 1. The van der Waals surface area contributed by atoms with Crippen molar-refractivity contribution in [3.63, 3.8) is 0 Å². The number of nitrogens with zero attached hydrogens (tertiary/aromatic N) is 1. The summed E-state index contributed by atoms with van der Waals surface area (Å²) in [6.45, 7) is 0.410. The summed E-state index contributed by atoms with van der Waals surface area (Å²) < 4.78 is 13.9. The first-order valence-electron chi connectivity index (χ1n) is 6.05. The monoisotopic (exact) mass is 317 g/mol. The second kappa shape index (κ2) is 6.45. The highest BCUT2D eigenvalue weighted by Crippen LogP contribution is 2.24. The molecule has 0 spiro atoms. The van der Waals surface area contributed by atoms with Gasteiger partial charge < -0.3 is 10.0 Å². The number of halogens is 2. The molecule has 1 aliphatic heterocycles. The van der Waals surface area contributed by atoms with Crippen molar-refractivity contribution in [2.24, 2.45) is 0 Å². The van der Waals surface area contributed by atoms with E-state index in [0.29, 0.717) is 18.1 Å². The maximum absolute atomic E-state index is 13.9. The average Bonchev–Trinajstić information content (AvgIpc) is 2.41. The third kappa shape index (κ3) is 3.24. The van der Waals surface area contributed by atoms with Gasteiger partial charge in [-0.2, -0.15) is 11.8 Å². The zero-order valence-electron chi connectivity index (χ0n) is 10.5. The van der Waals surface area contributed by atoms with E-state index in [0.717, 1.165) is 0 Å². The van der Waals surface area contributed by atoms with Crippen molar-refractivity contribution >= 4 is 35.2 Å². The Hall–Kier alpha value is -1.27. The summed E-state index contributed by atoms with van der Waals surface area (Å²) in [5, 5.41) is 8.78. The summed E-state index contributed by atoms with van der Waals surface area (Å²) >= 11 is 7.27. The van der Waals surface area contributed by atoms with E-state index >= 15 is 0 Å². The number of rotatable bonds is 3. The molecule has 1 saturated heterocycles. The number of benzene rings is 1. The van der Waals surface area contributed by atoms with Gasteiger partial charge in [-0.25, -0.2) is 4.39 Å². The van der Waals surface area contributed by atoms with Crippen LogP contribution in [-0.4, -0.2) is 46.0 Å². The summed E-state index contributed by atoms with van der Waals surface area (Å²) in [6, 6.07) is 3.82. The smallest absolute Gasteiger partial charge is 0.305 e. The molecule has 108 valence electrons. The summed E-state index contributed by atoms with van der Waals surface area (Å²) in [6.07, 6.45) is -0.138. The predicted octanol–water partition coefficient (Wildman–Crippen LogP) is 2.51. The normalized spacial score (nSPS) is 18.9. The van der Waals surface area contributed by atoms with E-state index in [2.05, 4.69) is 0 Å². The van der Waals surface area contributed by atoms with E-state index in [1.165, 1.54) is 23.1 Å². The molecular formula is C13H13ClFNO3S. The van der Waals surface area contributed by atoms with Crippen molar-refractivity contribution in [3.05, 3.63) is 34.6 Å². The first-order valence-corrected chi connectivity index (χ1v) is 7.58. The Morgan fingerprint density at radius 3 is 2.95 bits per heavy atom.